The summed E-state index contributed by atoms with van der Waals surface area (Å²) in [4.78, 5) is 12.3. The Morgan fingerprint density at radius 1 is 1.26 bits per heavy atom. The number of halogens is 2. The number of carbonyl (C=O) groups excluding carboxylic acids is 1. The molecular weight excluding hydrogens is 443 g/mol. The quantitative estimate of drug-likeness (QED) is 0.450. The Morgan fingerprint density at radius 3 is 2.74 bits per heavy atom. The molecule has 1 heterocycles. The first-order valence-electron chi connectivity index (χ1n) is 9.52. The smallest absolute Gasteiger partial charge is 0.234 e. The summed E-state index contributed by atoms with van der Waals surface area (Å²) < 4.78 is 26.3. The molecule has 0 saturated heterocycles. The Bertz CT molecular complexity index is 1060. The number of anilines is 1. The highest BCUT2D eigenvalue weighted by atomic mass is 35.5. The van der Waals surface area contributed by atoms with Gasteiger partial charge in [-0.1, -0.05) is 29.4 Å². The summed E-state index contributed by atoms with van der Waals surface area (Å²) in [5, 5.41) is 11.9. The molecule has 1 amide bonds. The van der Waals surface area contributed by atoms with Crippen LogP contribution in [0.3, 0.4) is 0 Å². The van der Waals surface area contributed by atoms with Crippen LogP contribution in [-0.4, -0.2) is 33.5 Å². The Hall–Kier alpha value is -2.78. The molecule has 1 atom stereocenters. The SMILES string of the molecule is CCn1c(SCC(=O)Nc2ccc(F)cc2Cl)nnc1C(C)Oc1cccc(OC)c1. The van der Waals surface area contributed by atoms with Crippen LogP contribution in [0.5, 0.6) is 11.5 Å². The maximum absolute atomic E-state index is 13.1. The topological polar surface area (TPSA) is 78.3 Å². The Morgan fingerprint density at radius 2 is 2.03 bits per heavy atom. The largest absolute Gasteiger partial charge is 0.497 e. The fourth-order valence-corrected chi connectivity index (χ4v) is 3.87. The molecule has 2 aromatic carbocycles. The molecule has 0 aliphatic heterocycles. The van der Waals surface area contributed by atoms with Crippen molar-refractivity contribution in [1.82, 2.24) is 14.8 Å². The van der Waals surface area contributed by atoms with Gasteiger partial charge in [0.2, 0.25) is 5.91 Å². The lowest BCUT2D eigenvalue weighted by molar-refractivity contribution is -0.113. The van der Waals surface area contributed by atoms with Crippen molar-refractivity contribution in [3.05, 3.63) is 59.1 Å². The molecule has 164 valence electrons. The summed E-state index contributed by atoms with van der Waals surface area (Å²) in [5.41, 5.74) is 0.353. The molecule has 3 aromatic rings. The van der Waals surface area contributed by atoms with E-state index in [4.69, 9.17) is 21.1 Å². The summed E-state index contributed by atoms with van der Waals surface area (Å²) in [5.74, 6) is 1.34. The zero-order valence-corrected chi connectivity index (χ0v) is 18.8. The molecule has 0 aliphatic rings. The number of thioether (sulfide) groups is 1. The Balaban J connectivity index is 1.64. The third kappa shape index (κ3) is 5.89. The van der Waals surface area contributed by atoms with Gasteiger partial charge in [-0.05, 0) is 44.2 Å². The number of carbonyl (C=O) groups is 1. The van der Waals surface area contributed by atoms with Crippen molar-refractivity contribution < 1.29 is 18.7 Å². The summed E-state index contributed by atoms with van der Waals surface area (Å²) in [7, 11) is 1.60. The van der Waals surface area contributed by atoms with Gasteiger partial charge in [0.25, 0.3) is 0 Å². The fraction of sp³-hybridized carbons (Fsp3) is 0.286. The third-order valence-corrected chi connectivity index (χ3v) is 5.60. The molecule has 3 rings (SSSR count). The number of hydrogen-bond acceptors (Lipinski definition) is 6. The van der Waals surface area contributed by atoms with Gasteiger partial charge in [0.05, 0.1) is 23.6 Å². The molecule has 0 aliphatic carbocycles. The predicted molar refractivity (Wildman–Crippen MR) is 118 cm³/mol. The van der Waals surface area contributed by atoms with E-state index in [-0.39, 0.29) is 22.8 Å². The van der Waals surface area contributed by atoms with Crippen molar-refractivity contribution in [3.8, 4) is 11.5 Å². The van der Waals surface area contributed by atoms with Gasteiger partial charge in [-0.2, -0.15) is 0 Å². The van der Waals surface area contributed by atoms with Crippen molar-refractivity contribution in [2.75, 3.05) is 18.2 Å². The van der Waals surface area contributed by atoms with Gasteiger partial charge in [-0.25, -0.2) is 4.39 Å². The number of ether oxygens (including phenoxy) is 2. The number of amides is 1. The van der Waals surface area contributed by atoms with E-state index >= 15 is 0 Å². The minimum absolute atomic E-state index is 0.0942. The normalized spacial score (nSPS) is 11.8. The van der Waals surface area contributed by atoms with Gasteiger partial charge in [-0.3, -0.25) is 4.79 Å². The summed E-state index contributed by atoms with van der Waals surface area (Å²) >= 11 is 7.20. The highest BCUT2D eigenvalue weighted by Crippen LogP contribution is 2.27. The van der Waals surface area contributed by atoms with Crippen LogP contribution >= 0.6 is 23.4 Å². The van der Waals surface area contributed by atoms with Crippen LogP contribution in [-0.2, 0) is 11.3 Å². The van der Waals surface area contributed by atoms with Gasteiger partial charge in [0.1, 0.15) is 17.3 Å². The summed E-state index contributed by atoms with van der Waals surface area (Å²) in [6.07, 6.45) is -0.360. The average molecular weight is 465 g/mol. The number of benzene rings is 2. The second kappa shape index (κ2) is 10.5. The zero-order chi connectivity index (χ0) is 22.4. The lowest BCUT2D eigenvalue weighted by Crippen LogP contribution is -2.15. The number of nitrogens with one attached hydrogen (secondary N) is 1. The summed E-state index contributed by atoms with van der Waals surface area (Å²) in [6, 6.07) is 11.1. The van der Waals surface area contributed by atoms with Crippen LogP contribution in [0.1, 0.15) is 25.8 Å². The van der Waals surface area contributed by atoms with Crippen molar-refractivity contribution >= 4 is 35.0 Å². The monoisotopic (exact) mass is 464 g/mol. The molecule has 0 bridgehead atoms. The molecule has 1 aromatic heterocycles. The van der Waals surface area contributed by atoms with E-state index in [1.165, 1.54) is 23.9 Å². The second-order valence-electron chi connectivity index (χ2n) is 6.49. The molecular formula is C21H22ClFN4O3S. The Labute approximate surface area is 188 Å². The maximum Gasteiger partial charge on any atom is 0.234 e. The first kappa shape index (κ1) is 22.9. The number of nitrogens with zero attached hydrogens (tertiary/aromatic N) is 3. The van der Waals surface area contributed by atoms with Gasteiger partial charge in [0, 0.05) is 12.6 Å². The van der Waals surface area contributed by atoms with Crippen molar-refractivity contribution in [2.24, 2.45) is 0 Å². The average Bonchev–Trinajstić information content (AvgIpc) is 3.17. The van der Waals surface area contributed by atoms with Crippen molar-refractivity contribution in [3.63, 3.8) is 0 Å². The van der Waals surface area contributed by atoms with Gasteiger partial charge < -0.3 is 19.4 Å². The number of hydrogen-bond donors (Lipinski definition) is 1. The number of rotatable bonds is 9. The van der Waals surface area contributed by atoms with E-state index in [0.29, 0.717) is 34.7 Å². The molecule has 0 radical (unpaired) electrons. The highest BCUT2D eigenvalue weighted by Gasteiger charge is 2.20. The number of aromatic nitrogens is 3. The summed E-state index contributed by atoms with van der Waals surface area (Å²) in [6.45, 7) is 4.46. The standard InChI is InChI=1S/C21H22ClFN4O3S/c1-4-27-20(13(2)30-16-7-5-6-15(11-16)29-3)25-26-21(27)31-12-19(28)24-18-9-8-14(23)10-17(18)22/h5-11,13H,4,12H2,1-3H3,(H,24,28). The highest BCUT2D eigenvalue weighted by molar-refractivity contribution is 7.99. The molecule has 7 nitrogen and oxygen atoms in total. The first-order valence-corrected chi connectivity index (χ1v) is 10.9. The van der Waals surface area contributed by atoms with E-state index in [1.807, 2.05) is 36.6 Å². The molecule has 1 N–H and O–H groups in total. The van der Waals surface area contributed by atoms with E-state index in [0.717, 1.165) is 6.07 Å². The predicted octanol–water partition coefficient (Wildman–Crippen LogP) is 4.97. The van der Waals surface area contributed by atoms with E-state index in [9.17, 15) is 9.18 Å². The lowest BCUT2D eigenvalue weighted by atomic mass is 10.3. The minimum Gasteiger partial charge on any atom is -0.497 e. The molecule has 0 fully saturated rings. The molecule has 1 unspecified atom stereocenters. The van der Waals surface area contributed by atoms with Gasteiger partial charge >= 0.3 is 0 Å². The molecule has 0 spiro atoms. The van der Waals surface area contributed by atoms with E-state index in [2.05, 4.69) is 15.5 Å². The van der Waals surface area contributed by atoms with E-state index in [1.54, 1.807) is 13.2 Å². The van der Waals surface area contributed by atoms with Gasteiger partial charge in [-0.15, -0.1) is 10.2 Å². The minimum atomic E-state index is -0.466. The fourth-order valence-electron chi connectivity index (χ4n) is 2.84. The van der Waals surface area contributed by atoms with Crippen LogP contribution in [0.15, 0.2) is 47.6 Å². The van der Waals surface area contributed by atoms with Crippen LogP contribution in [0.2, 0.25) is 5.02 Å². The molecule has 31 heavy (non-hydrogen) atoms. The van der Waals surface area contributed by atoms with E-state index < -0.39 is 5.82 Å². The maximum atomic E-state index is 13.1. The lowest BCUT2D eigenvalue weighted by Gasteiger charge is -2.16. The van der Waals surface area contributed by atoms with Gasteiger partial charge in [0.15, 0.2) is 17.1 Å². The zero-order valence-electron chi connectivity index (χ0n) is 17.3. The van der Waals surface area contributed by atoms with Crippen molar-refractivity contribution in [2.45, 2.75) is 31.7 Å². The first-order chi connectivity index (χ1) is 14.9. The van der Waals surface area contributed by atoms with Crippen LogP contribution in [0.25, 0.3) is 0 Å². The van der Waals surface area contributed by atoms with Crippen molar-refractivity contribution in [1.29, 1.82) is 0 Å². The van der Waals surface area contributed by atoms with Crippen LogP contribution < -0.4 is 14.8 Å². The van der Waals surface area contributed by atoms with Crippen LogP contribution in [0, 0.1) is 5.82 Å². The Kier molecular flexibility index (Phi) is 7.75. The number of methoxy groups -OCH3 is 1. The second-order valence-corrected chi connectivity index (χ2v) is 7.83. The van der Waals surface area contributed by atoms with Crippen LogP contribution in [0.4, 0.5) is 10.1 Å². The molecule has 0 saturated carbocycles. The third-order valence-electron chi connectivity index (χ3n) is 4.32. The molecule has 10 heteroatoms.